The summed E-state index contributed by atoms with van der Waals surface area (Å²) in [7, 11) is 0. The zero-order valence-electron chi connectivity index (χ0n) is 6.35. The van der Waals surface area contributed by atoms with Gasteiger partial charge in [0.05, 0.1) is 0 Å². The van der Waals surface area contributed by atoms with E-state index in [1.165, 1.54) is 11.3 Å². The quantitative estimate of drug-likeness (QED) is 0.612. The molecule has 1 heteroatoms. The van der Waals surface area contributed by atoms with E-state index in [2.05, 4.69) is 31.0 Å². The molecule has 0 spiro atoms. The molecule has 0 aromatic rings. The summed E-state index contributed by atoms with van der Waals surface area (Å²) in [5, 5.41) is 3.13. The summed E-state index contributed by atoms with van der Waals surface area (Å²) in [6, 6.07) is 0. The van der Waals surface area contributed by atoms with Crippen molar-refractivity contribution in [3.05, 3.63) is 36.2 Å². The Labute approximate surface area is 62.1 Å². The van der Waals surface area contributed by atoms with Gasteiger partial charge in [-0.05, 0) is 31.5 Å². The predicted molar refractivity (Wildman–Crippen MR) is 44.4 cm³/mol. The van der Waals surface area contributed by atoms with E-state index in [1.807, 2.05) is 0 Å². The molecule has 10 heavy (non-hydrogen) atoms. The third kappa shape index (κ3) is 1.50. The summed E-state index contributed by atoms with van der Waals surface area (Å²) < 4.78 is 0. The summed E-state index contributed by atoms with van der Waals surface area (Å²) in [6.07, 6.45) is 8.35. The molecule has 0 bridgehead atoms. The van der Waals surface area contributed by atoms with Gasteiger partial charge in [0.25, 0.3) is 0 Å². The van der Waals surface area contributed by atoms with Gasteiger partial charge in [-0.15, -0.1) is 0 Å². The lowest BCUT2D eigenvalue weighted by molar-refractivity contribution is 0.851. The first-order chi connectivity index (χ1) is 4.84. The molecule has 0 atom stereocenters. The SMILES string of the molecule is C=CNC1=C(C)C=CCC1. The van der Waals surface area contributed by atoms with Crippen molar-refractivity contribution >= 4 is 0 Å². The Bertz CT molecular complexity index is 187. The Morgan fingerprint density at radius 3 is 3.10 bits per heavy atom. The average Bonchev–Trinajstić information content (AvgIpc) is 1.94. The summed E-state index contributed by atoms with van der Waals surface area (Å²) in [4.78, 5) is 0. The lowest BCUT2D eigenvalue weighted by Crippen LogP contribution is -2.07. The molecule has 0 saturated carbocycles. The van der Waals surface area contributed by atoms with Crippen molar-refractivity contribution in [3.8, 4) is 0 Å². The number of hydrogen-bond donors (Lipinski definition) is 1. The molecule has 1 nitrogen and oxygen atoms in total. The van der Waals surface area contributed by atoms with Gasteiger partial charge < -0.3 is 5.32 Å². The molecule has 1 rings (SSSR count). The summed E-state index contributed by atoms with van der Waals surface area (Å²) >= 11 is 0. The van der Waals surface area contributed by atoms with Crippen molar-refractivity contribution in [1.82, 2.24) is 5.32 Å². The zero-order valence-corrected chi connectivity index (χ0v) is 6.35. The fraction of sp³-hybridized carbons (Fsp3) is 0.333. The Morgan fingerprint density at radius 2 is 2.50 bits per heavy atom. The number of hydrogen-bond acceptors (Lipinski definition) is 1. The normalized spacial score (nSPS) is 17.3. The molecule has 1 N–H and O–H groups in total. The van der Waals surface area contributed by atoms with E-state index >= 15 is 0 Å². The van der Waals surface area contributed by atoms with Gasteiger partial charge in [0.1, 0.15) is 0 Å². The van der Waals surface area contributed by atoms with Gasteiger partial charge in [-0.2, -0.15) is 0 Å². The number of allylic oxidation sites excluding steroid dienone is 4. The molecule has 0 unspecified atom stereocenters. The van der Waals surface area contributed by atoms with Crippen LogP contribution >= 0.6 is 0 Å². The van der Waals surface area contributed by atoms with Crippen molar-refractivity contribution in [1.29, 1.82) is 0 Å². The van der Waals surface area contributed by atoms with E-state index in [-0.39, 0.29) is 0 Å². The van der Waals surface area contributed by atoms with E-state index in [4.69, 9.17) is 0 Å². The van der Waals surface area contributed by atoms with Crippen LogP contribution in [0.25, 0.3) is 0 Å². The zero-order chi connectivity index (χ0) is 7.40. The van der Waals surface area contributed by atoms with Gasteiger partial charge >= 0.3 is 0 Å². The lowest BCUT2D eigenvalue weighted by atomic mass is 10.1. The maximum atomic E-state index is 3.62. The Kier molecular flexibility index (Phi) is 2.32. The molecule has 0 heterocycles. The molecule has 0 radical (unpaired) electrons. The van der Waals surface area contributed by atoms with Crippen LogP contribution in [0, 0.1) is 0 Å². The van der Waals surface area contributed by atoms with E-state index in [9.17, 15) is 0 Å². The first kappa shape index (κ1) is 7.13. The van der Waals surface area contributed by atoms with E-state index < -0.39 is 0 Å². The monoisotopic (exact) mass is 135 g/mol. The lowest BCUT2D eigenvalue weighted by Gasteiger charge is -2.11. The molecule has 54 valence electrons. The molecule has 0 amide bonds. The fourth-order valence-corrected chi connectivity index (χ4v) is 1.09. The van der Waals surface area contributed by atoms with Crippen molar-refractivity contribution in [2.75, 3.05) is 0 Å². The third-order valence-electron chi connectivity index (χ3n) is 1.68. The van der Waals surface area contributed by atoms with Crippen LogP contribution in [0.2, 0.25) is 0 Å². The van der Waals surface area contributed by atoms with Crippen LogP contribution in [0.15, 0.2) is 36.2 Å². The second-order valence-corrected chi connectivity index (χ2v) is 2.45. The Morgan fingerprint density at radius 1 is 1.70 bits per heavy atom. The Hall–Kier alpha value is -0.980. The highest BCUT2D eigenvalue weighted by Crippen LogP contribution is 2.15. The molecular weight excluding hydrogens is 122 g/mol. The minimum Gasteiger partial charge on any atom is -0.365 e. The van der Waals surface area contributed by atoms with Crippen LogP contribution in [0.3, 0.4) is 0 Å². The summed E-state index contributed by atoms with van der Waals surface area (Å²) in [5.74, 6) is 0. The summed E-state index contributed by atoms with van der Waals surface area (Å²) in [6.45, 7) is 5.73. The van der Waals surface area contributed by atoms with Crippen LogP contribution in [0.1, 0.15) is 19.8 Å². The summed E-state index contributed by atoms with van der Waals surface area (Å²) in [5.41, 5.74) is 2.63. The van der Waals surface area contributed by atoms with Crippen LogP contribution in [-0.2, 0) is 0 Å². The largest absolute Gasteiger partial charge is 0.365 e. The van der Waals surface area contributed by atoms with Crippen molar-refractivity contribution < 1.29 is 0 Å². The highest BCUT2D eigenvalue weighted by molar-refractivity contribution is 5.27. The first-order valence-corrected chi connectivity index (χ1v) is 3.58. The second kappa shape index (κ2) is 3.25. The minimum absolute atomic E-state index is 1.12. The smallest absolute Gasteiger partial charge is 0.0179 e. The van der Waals surface area contributed by atoms with E-state index in [0.717, 1.165) is 12.8 Å². The molecule has 0 aliphatic heterocycles. The highest BCUT2D eigenvalue weighted by Gasteiger charge is 2.00. The van der Waals surface area contributed by atoms with Gasteiger partial charge in [0.15, 0.2) is 0 Å². The predicted octanol–water partition coefficient (Wildman–Crippen LogP) is 2.34. The maximum absolute atomic E-state index is 3.62. The van der Waals surface area contributed by atoms with Gasteiger partial charge in [-0.1, -0.05) is 18.7 Å². The average molecular weight is 135 g/mol. The van der Waals surface area contributed by atoms with E-state index in [0.29, 0.717) is 0 Å². The standard InChI is InChI=1S/C9H13N/c1-3-10-9-7-5-4-6-8(9)2/h3-4,6,10H,1,5,7H2,2H3. The molecule has 0 fully saturated rings. The van der Waals surface area contributed by atoms with Crippen LogP contribution in [0.5, 0.6) is 0 Å². The fourth-order valence-electron chi connectivity index (χ4n) is 1.09. The van der Waals surface area contributed by atoms with E-state index in [1.54, 1.807) is 6.20 Å². The van der Waals surface area contributed by atoms with Gasteiger partial charge in [-0.25, -0.2) is 0 Å². The van der Waals surface area contributed by atoms with Crippen molar-refractivity contribution in [2.24, 2.45) is 0 Å². The molecule has 0 aromatic carbocycles. The number of rotatable bonds is 2. The second-order valence-electron chi connectivity index (χ2n) is 2.45. The molecular formula is C9H13N. The maximum Gasteiger partial charge on any atom is 0.0179 e. The van der Waals surface area contributed by atoms with Crippen LogP contribution < -0.4 is 5.32 Å². The van der Waals surface area contributed by atoms with Crippen LogP contribution in [0.4, 0.5) is 0 Å². The topological polar surface area (TPSA) is 12.0 Å². The van der Waals surface area contributed by atoms with Gasteiger partial charge in [-0.3, -0.25) is 0 Å². The van der Waals surface area contributed by atoms with Crippen molar-refractivity contribution in [2.45, 2.75) is 19.8 Å². The molecule has 0 aromatic heterocycles. The van der Waals surface area contributed by atoms with Gasteiger partial charge in [0, 0.05) is 5.70 Å². The molecule has 1 aliphatic rings. The van der Waals surface area contributed by atoms with Crippen LogP contribution in [-0.4, -0.2) is 0 Å². The Balaban J connectivity index is 2.68. The van der Waals surface area contributed by atoms with Gasteiger partial charge in [0.2, 0.25) is 0 Å². The first-order valence-electron chi connectivity index (χ1n) is 3.58. The third-order valence-corrected chi connectivity index (χ3v) is 1.68. The van der Waals surface area contributed by atoms with Crippen molar-refractivity contribution in [3.63, 3.8) is 0 Å². The number of nitrogens with one attached hydrogen (secondary N) is 1. The molecule has 1 aliphatic carbocycles. The minimum atomic E-state index is 1.12. The highest BCUT2D eigenvalue weighted by atomic mass is 14.8. The molecule has 0 saturated heterocycles.